The third kappa shape index (κ3) is 6.40. The van der Waals surface area contributed by atoms with Gasteiger partial charge in [0.05, 0.1) is 0 Å². The standard InChI is InChI=1S/C12H23NO7/c1-6(2)3-7(13)12(19)20-5-9(16)11(18)10(17)8(15)4-14/h6-7,9-11,14,16-18H,3-5,13H2,1-2H3/t7-,9+,10+,11+/m0/s1/i/hD. The van der Waals surface area contributed by atoms with Gasteiger partial charge < -0.3 is 30.9 Å². The average molecular weight is 294 g/mol. The summed E-state index contributed by atoms with van der Waals surface area (Å²) in [6.45, 7) is 2.08. The van der Waals surface area contributed by atoms with Crippen molar-refractivity contribution in [1.82, 2.24) is 0 Å². The maximum Gasteiger partial charge on any atom is 0.323 e. The van der Waals surface area contributed by atoms with E-state index in [9.17, 15) is 24.9 Å². The molecule has 0 aromatic rings. The number of hydrogen-bond acceptors (Lipinski definition) is 8. The number of Topliss-reactive ketones (excluding diaryl/α,β-unsaturated/α-hetero) is 1. The molecule has 0 aliphatic heterocycles. The van der Waals surface area contributed by atoms with Crippen molar-refractivity contribution < 1.29 is 36.2 Å². The molecule has 0 aromatic heterocycles. The van der Waals surface area contributed by atoms with Crippen LogP contribution in [0.1, 0.15) is 20.3 Å². The van der Waals surface area contributed by atoms with Crippen molar-refractivity contribution in [2.45, 2.75) is 44.6 Å². The Kier molecular flexibility index (Phi) is 7.63. The summed E-state index contributed by atoms with van der Waals surface area (Å²) in [5.41, 5.74) is 2.03. The van der Waals surface area contributed by atoms with Crippen LogP contribution >= 0.6 is 0 Å². The van der Waals surface area contributed by atoms with E-state index in [1.165, 1.54) is 0 Å². The van der Waals surface area contributed by atoms with E-state index < -0.39 is 49.3 Å². The Morgan fingerprint density at radius 2 is 1.90 bits per heavy atom. The van der Waals surface area contributed by atoms with Crippen molar-refractivity contribution in [1.29, 1.82) is 0 Å². The van der Waals surface area contributed by atoms with Crippen molar-refractivity contribution in [2.24, 2.45) is 11.6 Å². The van der Waals surface area contributed by atoms with Crippen molar-refractivity contribution >= 4 is 11.8 Å². The molecule has 0 saturated carbocycles. The zero-order valence-electron chi connectivity index (χ0n) is 12.5. The van der Waals surface area contributed by atoms with Gasteiger partial charge in [-0.1, -0.05) is 13.8 Å². The molecule has 0 unspecified atom stereocenters. The summed E-state index contributed by atoms with van der Waals surface area (Å²) in [5, 5.41) is 36.8. The molecule has 4 atom stereocenters. The number of ketones is 1. The summed E-state index contributed by atoms with van der Waals surface area (Å²) in [4.78, 5) is 22.6. The first-order valence-electron chi connectivity index (χ1n) is 6.76. The van der Waals surface area contributed by atoms with Gasteiger partial charge in [-0.3, -0.25) is 9.59 Å². The molecule has 6 N–H and O–H groups in total. The van der Waals surface area contributed by atoms with Crippen molar-refractivity contribution in [3.8, 4) is 0 Å². The highest BCUT2D eigenvalue weighted by molar-refractivity contribution is 5.84. The normalized spacial score (nSPS) is 18.1. The highest BCUT2D eigenvalue weighted by Crippen LogP contribution is 2.06. The lowest BCUT2D eigenvalue weighted by atomic mass is 10.0. The second kappa shape index (κ2) is 8.98. The molecule has 0 amide bonds. The van der Waals surface area contributed by atoms with Crippen LogP contribution in [-0.2, 0) is 14.3 Å². The van der Waals surface area contributed by atoms with E-state index in [-0.39, 0.29) is 5.92 Å². The molecule has 0 heterocycles. The van der Waals surface area contributed by atoms with Crippen LogP contribution in [0.2, 0.25) is 1.41 Å². The third-order valence-electron chi connectivity index (χ3n) is 2.59. The number of nitrogens with two attached hydrogens (primary N) is 1. The van der Waals surface area contributed by atoms with Crippen LogP contribution in [0.5, 0.6) is 0 Å². The van der Waals surface area contributed by atoms with Crippen LogP contribution in [0.25, 0.3) is 0 Å². The second-order valence-electron chi connectivity index (χ2n) is 4.94. The van der Waals surface area contributed by atoms with Crippen LogP contribution in [0.3, 0.4) is 0 Å². The quantitative estimate of drug-likeness (QED) is 0.278. The molecular weight excluding hydrogens is 270 g/mol. The number of ether oxygens (including phenoxy) is 1. The fourth-order valence-corrected chi connectivity index (χ4v) is 1.43. The monoisotopic (exact) mass is 294 g/mol. The van der Waals surface area contributed by atoms with Crippen molar-refractivity contribution in [3.63, 3.8) is 0 Å². The van der Waals surface area contributed by atoms with Crippen LogP contribution < -0.4 is 5.73 Å². The summed E-state index contributed by atoms with van der Waals surface area (Å²) in [6.07, 6.45) is -5.19. The highest BCUT2D eigenvalue weighted by atomic mass is 16.5. The van der Waals surface area contributed by atoms with E-state index >= 15 is 0 Å². The Bertz CT molecular complexity index is 340. The second-order valence-corrected chi connectivity index (χ2v) is 4.94. The summed E-state index contributed by atoms with van der Waals surface area (Å²) in [6, 6.07) is -0.877. The molecule has 8 heteroatoms. The van der Waals surface area contributed by atoms with E-state index in [1.807, 2.05) is 19.6 Å². The van der Waals surface area contributed by atoms with Gasteiger partial charge in [0.15, 0.2) is 5.78 Å². The lowest BCUT2D eigenvalue weighted by Gasteiger charge is -2.22. The lowest BCUT2D eigenvalue weighted by Crippen LogP contribution is -2.46. The molecule has 0 bridgehead atoms. The average Bonchev–Trinajstić information content (AvgIpc) is 2.46. The summed E-state index contributed by atoms with van der Waals surface area (Å²) in [7, 11) is 0. The smallest absolute Gasteiger partial charge is 0.323 e. The number of carbonyl (C=O) groups excluding carboxylic acids is 2. The topological polar surface area (TPSA) is 150 Å². The fourth-order valence-electron chi connectivity index (χ4n) is 1.43. The molecule has 0 radical (unpaired) electrons. The lowest BCUT2D eigenvalue weighted by molar-refractivity contribution is -0.156. The van der Waals surface area contributed by atoms with Gasteiger partial charge in [0.1, 0.15) is 39.0 Å². The number of carbonyl (C=O) groups is 2. The first-order valence-corrected chi connectivity index (χ1v) is 6.26. The number of rotatable bonds is 10. The van der Waals surface area contributed by atoms with E-state index in [1.54, 1.807) is 0 Å². The molecular formula is C12H23NO7. The molecule has 0 fully saturated rings. The summed E-state index contributed by atoms with van der Waals surface area (Å²) >= 11 is 0. The Balaban J connectivity index is 4.36. The highest BCUT2D eigenvalue weighted by Gasteiger charge is 2.30. The van der Waals surface area contributed by atoms with Crippen LogP contribution in [0.4, 0.5) is 0 Å². The summed E-state index contributed by atoms with van der Waals surface area (Å²) in [5.74, 6) is -1.70. The maximum absolute atomic E-state index is 11.6. The largest absolute Gasteiger partial charge is 0.462 e. The number of hydrogen-bond donors (Lipinski definition) is 5. The van der Waals surface area contributed by atoms with Gasteiger partial charge in [-0.15, -0.1) is 0 Å². The van der Waals surface area contributed by atoms with Gasteiger partial charge >= 0.3 is 5.97 Å². The minimum Gasteiger partial charge on any atom is -0.462 e. The summed E-state index contributed by atoms with van der Waals surface area (Å²) < 4.78 is 11.8. The molecule has 0 rings (SSSR count). The van der Waals surface area contributed by atoms with Crippen LogP contribution in [0, 0.1) is 5.92 Å². The van der Waals surface area contributed by atoms with Gasteiger partial charge in [-0.05, 0) is 12.3 Å². The Morgan fingerprint density at radius 3 is 2.35 bits per heavy atom. The maximum atomic E-state index is 11.6. The van der Waals surface area contributed by atoms with Crippen LogP contribution in [0.15, 0.2) is 0 Å². The van der Waals surface area contributed by atoms with Crippen molar-refractivity contribution in [3.05, 3.63) is 0 Å². The van der Waals surface area contributed by atoms with Gasteiger partial charge in [0, 0.05) is 0 Å². The van der Waals surface area contributed by atoms with Crippen LogP contribution in [-0.4, -0.2) is 69.7 Å². The first kappa shape index (κ1) is 17.0. The number of aliphatic hydroxyl groups excluding tert-OH is 4. The molecule has 0 aromatic carbocycles. The fraction of sp³-hybridized carbons (Fsp3) is 0.833. The van der Waals surface area contributed by atoms with E-state index in [2.05, 4.69) is 0 Å². The predicted octanol–water partition coefficient (Wildman–Crippen LogP) is -2.45. The van der Waals surface area contributed by atoms with E-state index in [4.69, 9.17) is 11.3 Å². The minimum absolute atomic E-state index is 0.139. The van der Waals surface area contributed by atoms with Gasteiger partial charge in [-0.25, -0.2) is 0 Å². The molecule has 0 aliphatic rings. The number of esters is 1. The zero-order chi connectivity index (χ0) is 16.6. The SMILES string of the molecule is [2H]N[C@@H](CC(C)C)C(=O)OC[C@@H](O)[C@@H](O)[C@H](O)C(=O)CO. The molecule has 0 aliphatic carbocycles. The molecule has 8 nitrogen and oxygen atoms in total. The molecule has 0 spiro atoms. The van der Waals surface area contributed by atoms with E-state index in [0.717, 1.165) is 0 Å². The molecule has 0 saturated heterocycles. The van der Waals surface area contributed by atoms with Gasteiger partial charge in [-0.2, -0.15) is 0 Å². The molecule has 20 heavy (non-hydrogen) atoms. The Morgan fingerprint density at radius 1 is 1.30 bits per heavy atom. The predicted molar refractivity (Wildman–Crippen MR) is 68.5 cm³/mol. The third-order valence-corrected chi connectivity index (χ3v) is 2.59. The van der Waals surface area contributed by atoms with E-state index in [0.29, 0.717) is 6.42 Å². The van der Waals surface area contributed by atoms with Gasteiger partial charge in [0.2, 0.25) is 0 Å². The molecule has 118 valence electrons. The van der Waals surface area contributed by atoms with Gasteiger partial charge in [0.25, 0.3) is 0 Å². The van der Waals surface area contributed by atoms with Crippen molar-refractivity contribution in [2.75, 3.05) is 13.2 Å². The minimum atomic E-state index is -1.97. The number of aliphatic hydroxyl groups is 4. The first-order chi connectivity index (χ1) is 9.74. The Labute approximate surface area is 118 Å². The zero-order valence-corrected chi connectivity index (χ0v) is 11.5. The Hall–Kier alpha value is -1.06.